The third-order valence-electron chi connectivity index (χ3n) is 4.80. The zero-order valence-corrected chi connectivity index (χ0v) is 16.2. The molecule has 4 heteroatoms. The maximum atomic E-state index is 6.16. The molecule has 27 heavy (non-hydrogen) atoms. The first-order chi connectivity index (χ1) is 13.3. The van der Waals surface area contributed by atoms with Gasteiger partial charge in [0.1, 0.15) is 11.9 Å². The molecule has 0 saturated carbocycles. The largest absolute Gasteiger partial charge is 0.497 e. The average molecular weight is 367 g/mol. The Morgan fingerprint density at radius 1 is 0.963 bits per heavy atom. The number of rotatable bonds is 9. The Hall–Kier alpha value is -2.46. The van der Waals surface area contributed by atoms with Crippen LogP contribution in [-0.2, 0) is 13.0 Å². The Morgan fingerprint density at radius 2 is 1.78 bits per heavy atom. The van der Waals surface area contributed by atoms with Crippen LogP contribution in [0.15, 0.2) is 54.6 Å². The second-order valence-electron chi connectivity index (χ2n) is 6.78. The van der Waals surface area contributed by atoms with Gasteiger partial charge in [-0.3, -0.25) is 0 Å². The molecule has 1 atom stereocenters. The van der Waals surface area contributed by atoms with Gasteiger partial charge in [-0.05, 0) is 73.7 Å². The molecule has 3 rings (SSSR count). The van der Waals surface area contributed by atoms with Crippen LogP contribution in [0.3, 0.4) is 0 Å². The molecule has 0 aromatic heterocycles. The lowest BCUT2D eigenvalue weighted by Crippen LogP contribution is -2.18. The van der Waals surface area contributed by atoms with E-state index in [-0.39, 0.29) is 6.10 Å². The van der Waals surface area contributed by atoms with Gasteiger partial charge in [-0.15, -0.1) is 0 Å². The van der Waals surface area contributed by atoms with Gasteiger partial charge in [0.25, 0.3) is 0 Å². The van der Waals surface area contributed by atoms with Crippen LogP contribution >= 0.6 is 0 Å². The molecule has 1 N–H and O–H groups in total. The van der Waals surface area contributed by atoms with Crippen molar-refractivity contribution in [3.8, 4) is 17.2 Å². The topological polar surface area (TPSA) is 39.7 Å². The van der Waals surface area contributed by atoms with E-state index in [9.17, 15) is 0 Å². The van der Waals surface area contributed by atoms with Crippen LogP contribution < -0.4 is 19.5 Å². The lowest BCUT2D eigenvalue weighted by Gasteiger charge is -2.20. The number of methoxy groups -OCH3 is 2. The first kappa shape index (κ1) is 19.3. The summed E-state index contributed by atoms with van der Waals surface area (Å²) in [6, 6.07) is 14.4. The first-order valence-electron chi connectivity index (χ1n) is 9.62. The van der Waals surface area contributed by atoms with Gasteiger partial charge in [0.15, 0.2) is 11.5 Å². The highest BCUT2D eigenvalue weighted by atomic mass is 16.5. The maximum Gasteiger partial charge on any atom is 0.162 e. The van der Waals surface area contributed by atoms with Gasteiger partial charge >= 0.3 is 0 Å². The number of hydrogen-bond donors (Lipinski definition) is 1. The average Bonchev–Trinajstić information content (AvgIpc) is 2.72. The van der Waals surface area contributed by atoms with Crippen LogP contribution in [0, 0.1) is 0 Å². The van der Waals surface area contributed by atoms with Crippen molar-refractivity contribution in [2.24, 2.45) is 0 Å². The van der Waals surface area contributed by atoms with Crippen molar-refractivity contribution in [2.45, 2.75) is 38.3 Å². The quantitative estimate of drug-likeness (QED) is 0.522. The number of ether oxygens (including phenoxy) is 3. The summed E-state index contributed by atoms with van der Waals surface area (Å²) in [5.74, 6) is 2.50. The van der Waals surface area contributed by atoms with Gasteiger partial charge in [-0.2, -0.15) is 0 Å². The molecular formula is C23H29NO3. The number of nitrogens with one attached hydrogen (secondary N) is 1. The molecule has 144 valence electrons. The van der Waals surface area contributed by atoms with E-state index in [2.05, 4.69) is 41.7 Å². The fraction of sp³-hybridized carbons (Fsp3) is 0.391. The Labute approximate surface area is 162 Å². The summed E-state index contributed by atoms with van der Waals surface area (Å²) in [5.41, 5.74) is 2.49. The van der Waals surface area contributed by atoms with Gasteiger partial charge < -0.3 is 19.5 Å². The van der Waals surface area contributed by atoms with E-state index in [0.717, 1.165) is 49.6 Å². The third-order valence-corrected chi connectivity index (χ3v) is 4.80. The summed E-state index contributed by atoms with van der Waals surface area (Å²) >= 11 is 0. The summed E-state index contributed by atoms with van der Waals surface area (Å²) in [5, 5.41) is 3.51. The zero-order valence-electron chi connectivity index (χ0n) is 16.2. The molecule has 2 aromatic rings. The molecule has 4 nitrogen and oxygen atoms in total. The highest BCUT2D eigenvalue weighted by molar-refractivity contribution is 5.43. The molecule has 1 unspecified atom stereocenters. The van der Waals surface area contributed by atoms with E-state index in [1.807, 2.05) is 18.2 Å². The summed E-state index contributed by atoms with van der Waals surface area (Å²) in [7, 11) is 3.37. The van der Waals surface area contributed by atoms with E-state index >= 15 is 0 Å². The Balaban J connectivity index is 1.52. The predicted octanol–water partition coefficient (Wildman–Crippen LogP) is 4.52. The second-order valence-corrected chi connectivity index (χ2v) is 6.78. The molecule has 0 radical (unpaired) electrons. The molecule has 0 amide bonds. The van der Waals surface area contributed by atoms with Gasteiger partial charge in [0.05, 0.1) is 14.2 Å². The fourth-order valence-corrected chi connectivity index (χ4v) is 3.22. The fourth-order valence-electron chi connectivity index (χ4n) is 3.22. The van der Waals surface area contributed by atoms with Gasteiger partial charge in [-0.1, -0.05) is 24.3 Å². The van der Waals surface area contributed by atoms with Crippen molar-refractivity contribution in [2.75, 3.05) is 20.8 Å². The van der Waals surface area contributed by atoms with E-state index in [4.69, 9.17) is 14.2 Å². The predicted molar refractivity (Wildman–Crippen MR) is 109 cm³/mol. The zero-order chi connectivity index (χ0) is 18.9. The molecule has 2 aromatic carbocycles. The van der Waals surface area contributed by atoms with Crippen molar-refractivity contribution in [1.29, 1.82) is 0 Å². The standard InChI is InChI=1S/C23H29NO3/c1-25-20-11-8-18(9-12-20)14-15-24-17-19-10-13-22(26-2)23(16-19)27-21-6-4-3-5-7-21/h4,6,8-13,16,21,24H,3,5,7,14-15,17H2,1-2H3. The minimum atomic E-state index is 0.144. The van der Waals surface area contributed by atoms with Crippen LogP contribution in [0.1, 0.15) is 30.4 Å². The Kier molecular flexibility index (Phi) is 7.17. The van der Waals surface area contributed by atoms with Crippen molar-refractivity contribution < 1.29 is 14.2 Å². The first-order valence-corrected chi connectivity index (χ1v) is 9.62. The molecule has 0 spiro atoms. The molecule has 0 aliphatic heterocycles. The SMILES string of the molecule is COc1ccc(CCNCc2ccc(OC)c(OC3C=CCCC3)c2)cc1. The molecule has 1 aliphatic rings. The lowest BCUT2D eigenvalue weighted by atomic mass is 10.1. The molecule has 0 bridgehead atoms. The molecular weight excluding hydrogens is 338 g/mol. The van der Waals surface area contributed by atoms with Crippen LogP contribution in [0.25, 0.3) is 0 Å². The van der Waals surface area contributed by atoms with Crippen molar-refractivity contribution in [1.82, 2.24) is 5.32 Å². The lowest BCUT2D eigenvalue weighted by molar-refractivity contribution is 0.219. The van der Waals surface area contributed by atoms with Crippen molar-refractivity contribution in [3.63, 3.8) is 0 Å². The van der Waals surface area contributed by atoms with Crippen molar-refractivity contribution in [3.05, 3.63) is 65.7 Å². The van der Waals surface area contributed by atoms with Crippen LogP contribution in [0.5, 0.6) is 17.2 Å². The Bertz CT molecular complexity index is 740. The third kappa shape index (κ3) is 5.76. The monoisotopic (exact) mass is 367 g/mol. The summed E-state index contributed by atoms with van der Waals surface area (Å²) in [6.45, 7) is 1.72. The Morgan fingerprint density at radius 3 is 2.48 bits per heavy atom. The van der Waals surface area contributed by atoms with E-state index < -0.39 is 0 Å². The summed E-state index contributed by atoms with van der Waals surface area (Å²) in [4.78, 5) is 0. The normalized spacial score (nSPS) is 16.1. The van der Waals surface area contributed by atoms with E-state index in [1.165, 1.54) is 17.5 Å². The molecule has 1 aliphatic carbocycles. The van der Waals surface area contributed by atoms with Crippen LogP contribution in [0.2, 0.25) is 0 Å². The molecule has 0 fully saturated rings. The van der Waals surface area contributed by atoms with Gasteiger partial charge in [0.2, 0.25) is 0 Å². The molecule has 0 saturated heterocycles. The van der Waals surface area contributed by atoms with Crippen molar-refractivity contribution >= 4 is 0 Å². The van der Waals surface area contributed by atoms with Gasteiger partial charge in [-0.25, -0.2) is 0 Å². The number of hydrogen-bond acceptors (Lipinski definition) is 4. The highest BCUT2D eigenvalue weighted by Gasteiger charge is 2.13. The van der Waals surface area contributed by atoms with E-state index in [1.54, 1.807) is 14.2 Å². The van der Waals surface area contributed by atoms with Crippen LogP contribution in [0.4, 0.5) is 0 Å². The highest BCUT2D eigenvalue weighted by Crippen LogP contribution is 2.30. The van der Waals surface area contributed by atoms with Crippen LogP contribution in [-0.4, -0.2) is 26.9 Å². The summed E-state index contributed by atoms with van der Waals surface area (Å²) in [6.07, 6.45) is 8.87. The summed E-state index contributed by atoms with van der Waals surface area (Å²) < 4.78 is 16.8. The van der Waals surface area contributed by atoms with E-state index in [0.29, 0.717) is 0 Å². The van der Waals surface area contributed by atoms with Gasteiger partial charge in [0, 0.05) is 6.54 Å². The second kappa shape index (κ2) is 10.0. The number of allylic oxidation sites excluding steroid dienone is 1. The minimum Gasteiger partial charge on any atom is -0.497 e. The minimum absolute atomic E-state index is 0.144. The smallest absolute Gasteiger partial charge is 0.162 e. The number of benzene rings is 2. The maximum absolute atomic E-state index is 6.16. The molecule has 0 heterocycles.